The Labute approximate surface area is 117 Å². The number of hydrogen-bond donors (Lipinski definition) is 1. The predicted molar refractivity (Wildman–Crippen MR) is 76.1 cm³/mol. The van der Waals surface area contributed by atoms with Gasteiger partial charge in [0.05, 0.1) is 18.8 Å². The van der Waals surface area contributed by atoms with Crippen molar-refractivity contribution in [2.45, 2.75) is 70.6 Å². The van der Waals surface area contributed by atoms with Gasteiger partial charge in [-0.25, -0.2) is 0 Å². The van der Waals surface area contributed by atoms with Gasteiger partial charge in [-0.2, -0.15) is 0 Å². The van der Waals surface area contributed by atoms with Crippen molar-refractivity contribution in [1.82, 2.24) is 4.90 Å². The summed E-state index contributed by atoms with van der Waals surface area (Å²) in [6.45, 7) is 7.72. The van der Waals surface area contributed by atoms with E-state index in [4.69, 9.17) is 4.74 Å². The summed E-state index contributed by atoms with van der Waals surface area (Å²) in [5.74, 6) is 0.461. The van der Waals surface area contributed by atoms with Crippen molar-refractivity contribution in [2.24, 2.45) is 11.3 Å². The highest BCUT2D eigenvalue weighted by Crippen LogP contribution is 2.40. The Hall–Kier alpha value is -0.120. The van der Waals surface area contributed by atoms with Crippen molar-refractivity contribution in [1.29, 1.82) is 0 Å². The lowest BCUT2D eigenvalue weighted by atomic mass is 9.70. The standard InChI is InChI=1S/C16H29NO2/c1-16(2)7-6-14(18)12(10-16)11-17-8-9-19-15-5-3-4-13(15)17/h12-15,18H,3-11H2,1-2H3. The molecule has 19 heavy (non-hydrogen) atoms. The molecule has 3 rings (SSSR count). The molecule has 0 amide bonds. The zero-order chi connectivity index (χ0) is 13.5. The van der Waals surface area contributed by atoms with E-state index in [1.54, 1.807) is 0 Å². The van der Waals surface area contributed by atoms with Crippen LogP contribution in [-0.4, -0.2) is 48.0 Å². The Morgan fingerprint density at radius 3 is 2.95 bits per heavy atom. The van der Waals surface area contributed by atoms with Crippen LogP contribution in [0.25, 0.3) is 0 Å². The lowest BCUT2D eigenvalue weighted by molar-refractivity contribution is -0.0762. The Balaban J connectivity index is 1.63. The Kier molecular flexibility index (Phi) is 3.89. The maximum Gasteiger partial charge on any atom is 0.0730 e. The molecule has 1 saturated heterocycles. The van der Waals surface area contributed by atoms with Crippen LogP contribution in [0.15, 0.2) is 0 Å². The van der Waals surface area contributed by atoms with Crippen molar-refractivity contribution in [2.75, 3.05) is 19.7 Å². The lowest BCUT2D eigenvalue weighted by Gasteiger charge is -2.44. The van der Waals surface area contributed by atoms with E-state index in [2.05, 4.69) is 18.7 Å². The maximum absolute atomic E-state index is 10.3. The first kappa shape index (κ1) is 13.8. The SMILES string of the molecule is CC1(C)CCC(O)C(CN2CCOC3CCCC32)C1. The molecule has 0 aromatic rings. The first-order chi connectivity index (χ1) is 9.05. The van der Waals surface area contributed by atoms with E-state index < -0.39 is 0 Å². The molecule has 2 saturated carbocycles. The van der Waals surface area contributed by atoms with E-state index in [1.165, 1.54) is 32.1 Å². The van der Waals surface area contributed by atoms with E-state index in [9.17, 15) is 5.11 Å². The minimum atomic E-state index is -0.0873. The summed E-state index contributed by atoms with van der Waals surface area (Å²) < 4.78 is 5.88. The highest BCUT2D eigenvalue weighted by molar-refractivity contribution is 4.93. The molecular formula is C16H29NO2. The van der Waals surface area contributed by atoms with Crippen molar-refractivity contribution < 1.29 is 9.84 Å². The highest BCUT2D eigenvalue weighted by atomic mass is 16.5. The van der Waals surface area contributed by atoms with Crippen molar-refractivity contribution in [3.63, 3.8) is 0 Å². The van der Waals surface area contributed by atoms with Crippen LogP contribution in [0.4, 0.5) is 0 Å². The average molecular weight is 267 g/mol. The number of morpholine rings is 1. The fourth-order valence-electron chi connectivity index (χ4n) is 4.44. The summed E-state index contributed by atoms with van der Waals surface area (Å²) in [6.07, 6.45) is 7.54. The van der Waals surface area contributed by atoms with Gasteiger partial charge in [-0.15, -0.1) is 0 Å². The molecule has 0 bridgehead atoms. The second-order valence-corrected chi connectivity index (χ2v) is 7.64. The molecule has 3 fully saturated rings. The van der Waals surface area contributed by atoms with Gasteiger partial charge in [-0.1, -0.05) is 13.8 Å². The first-order valence-electron chi connectivity index (χ1n) is 8.09. The largest absolute Gasteiger partial charge is 0.393 e. The molecule has 1 heterocycles. The molecule has 110 valence electrons. The molecule has 3 heteroatoms. The fraction of sp³-hybridized carbons (Fsp3) is 1.00. The van der Waals surface area contributed by atoms with Crippen molar-refractivity contribution in [3.05, 3.63) is 0 Å². The number of fused-ring (bicyclic) bond motifs is 1. The van der Waals surface area contributed by atoms with E-state index in [-0.39, 0.29) is 6.10 Å². The molecule has 1 aliphatic heterocycles. The molecule has 0 radical (unpaired) electrons. The summed E-state index contributed by atoms with van der Waals surface area (Å²) in [5, 5.41) is 10.3. The normalized spacial score (nSPS) is 43.1. The summed E-state index contributed by atoms with van der Waals surface area (Å²) in [5.41, 5.74) is 0.408. The Morgan fingerprint density at radius 2 is 2.11 bits per heavy atom. The molecule has 0 aromatic heterocycles. The van der Waals surface area contributed by atoms with Gasteiger partial charge in [0.25, 0.3) is 0 Å². The summed E-state index contributed by atoms with van der Waals surface area (Å²) in [6, 6.07) is 0.631. The van der Waals surface area contributed by atoms with Crippen LogP contribution in [0.1, 0.15) is 52.4 Å². The van der Waals surface area contributed by atoms with Gasteiger partial charge in [-0.3, -0.25) is 4.90 Å². The number of hydrogen-bond acceptors (Lipinski definition) is 3. The zero-order valence-electron chi connectivity index (χ0n) is 12.5. The van der Waals surface area contributed by atoms with E-state index in [0.717, 1.165) is 26.1 Å². The summed E-state index contributed by atoms with van der Waals surface area (Å²) in [7, 11) is 0. The van der Waals surface area contributed by atoms with Crippen LogP contribution in [-0.2, 0) is 4.74 Å². The predicted octanol–water partition coefficient (Wildman–Crippen LogP) is 2.43. The molecule has 1 N–H and O–H groups in total. The van der Waals surface area contributed by atoms with Gasteiger partial charge in [0.1, 0.15) is 0 Å². The Morgan fingerprint density at radius 1 is 1.26 bits per heavy atom. The van der Waals surface area contributed by atoms with Crippen molar-refractivity contribution >= 4 is 0 Å². The molecular weight excluding hydrogens is 238 g/mol. The number of aliphatic hydroxyl groups excluding tert-OH is 1. The summed E-state index contributed by atoms with van der Waals surface area (Å²) >= 11 is 0. The van der Waals surface area contributed by atoms with Gasteiger partial charge in [-0.05, 0) is 49.9 Å². The van der Waals surface area contributed by atoms with Crippen LogP contribution in [0.2, 0.25) is 0 Å². The number of nitrogens with zero attached hydrogens (tertiary/aromatic N) is 1. The minimum absolute atomic E-state index is 0.0873. The molecule has 4 unspecified atom stereocenters. The molecule has 4 atom stereocenters. The van der Waals surface area contributed by atoms with Crippen LogP contribution in [0.3, 0.4) is 0 Å². The quantitative estimate of drug-likeness (QED) is 0.834. The van der Waals surface area contributed by atoms with Crippen LogP contribution >= 0.6 is 0 Å². The third-order valence-electron chi connectivity index (χ3n) is 5.54. The van der Waals surface area contributed by atoms with Crippen LogP contribution in [0.5, 0.6) is 0 Å². The monoisotopic (exact) mass is 267 g/mol. The van der Waals surface area contributed by atoms with Gasteiger partial charge in [0, 0.05) is 19.1 Å². The van der Waals surface area contributed by atoms with Crippen LogP contribution < -0.4 is 0 Å². The summed E-state index contributed by atoms with van der Waals surface area (Å²) in [4.78, 5) is 2.62. The average Bonchev–Trinajstić information content (AvgIpc) is 2.83. The fourth-order valence-corrected chi connectivity index (χ4v) is 4.44. The highest BCUT2D eigenvalue weighted by Gasteiger charge is 2.40. The van der Waals surface area contributed by atoms with Gasteiger partial charge < -0.3 is 9.84 Å². The van der Waals surface area contributed by atoms with E-state index >= 15 is 0 Å². The van der Waals surface area contributed by atoms with Gasteiger partial charge >= 0.3 is 0 Å². The van der Waals surface area contributed by atoms with Crippen LogP contribution in [0, 0.1) is 11.3 Å². The van der Waals surface area contributed by atoms with E-state index in [0.29, 0.717) is 23.5 Å². The molecule has 2 aliphatic carbocycles. The number of aliphatic hydroxyl groups is 1. The third-order valence-corrected chi connectivity index (χ3v) is 5.54. The maximum atomic E-state index is 10.3. The molecule has 3 nitrogen and oxygen atoms in total. The van der Waals surface area contributed by atoms with Gasteiger partial charge in [0.15, 0.2) is 0 Å². The molecule has 0 aromatic carbocycles. The molecule has 3 aliphatic rings. The molecule has 0 spiro atoms. The van der Waals surface area contributed by atoms with Gasteiger partial charge in [0.2, 0.25) is 0 Å². The van der Waals surface area contributed by atoms with Crippen molar-refractivity contribution in [3.8, 4) is 0 Å². The third kappa shape index (κ3) is 2.98. The minimum Gasteiger partial charge on any atom is -0.393 e. The smallest absolute Gasteiger partial charge is 0.0730 e. The lowest BCUT2D eigenvalue weighted by Crippen LogP contribution is -2.52. The number of ether oxygens (including phenoxy) is 1. The second kappa shape index (κ2) is 5.34. The number of rotatable bonds is 2. The van der Waals surface area contributed by atoms with E-state index in [1.807, 2.05) is 0 Å². The first-order valence-corrected chi connectivity index (χ1v) is 8.09. The Bertz CT molecular complexity index is 318. The second-order valence-electron chi connectivity index (χ2n) is 7.64. The zero-order valence-corrected chi connectivity index (χ0v) is 12.5. The topological polar surface area (TPSA) is 32.7 Å².